The number of nitriles is 1. The van der Waals surface area contributed by atoms with Crippen molar-refractivity contribution in [3.63, 3.8) is 0 Å². The summed E-state index contributed by atoms with van der Waals surface area (Å²) in [4.78, 5) is 13.4. The molecule has 0 saturated heterocycles. The van der Waals surface area contributed by atoms with Crippen LogP contribution in [-0.4, -0.2) is 13.0 Å². The van der Waals surface area contributed by atoms with Gasteiger partial charge in [0.1, 0.15) is 0 Å². The average Bonchev–Trinajstić information content (AvgIpc) is 2.27. The van der Waals surface area contributed by atoms with Crippen molar-refractivity contribution in [2.75, 3.05) is 11.9 Å². The molecular weight excluding hydrogens is 200 g/mol. The molecule has 3 nitrogen and oxygen atoms in total. The molecule has 84 valence electrons. The molecule has 0 aliphatic rings. The number of hydrogen-bond donors (Lipinski definition) is 0. The number of rotatable bonds is 3. The van der Waals surface area contributed by atoms with Crippen molar-refractivity contribution in [1.82, 2.24) is 0 Å². The molecule has 1 rings (SSSR count). The Hall–Kier alpha value is -1.82. The summed E-state index contributed by atoms with van der Waals surface area (Å²) in [6.45, 7) is 4.04. The van der Waals surface area contributed by atoms with Crippen molar-refractivity contribution in [2.24, 2.45) is 5.92 Å². The molecule has 0 fully saturated rings. The topological polar surface area (TPSA) is 44.1 Å². The van der Waals surface area contributed by atoms with Gasteiger partial charge >= 0.3 is 0 Å². The number of benzene rings is 1. The van der Waals surface area contributed by atoms with Gasteiger partial charge in [0, 0.05) is 19.2 Å². The summed E-state index contributed by atoms with van der Waals surface area (Å²) >= 11 is 0. The normalized spacial score (nSPS) is 9.94. The Morgan fingerprint density at radius 2 is 1.94 bits per heavy atom. The lowest BCUT2D eigenvalue weighted by Crippen LogP contribution is -2.27. The van der Waals surface area contributed by atoms with Crippen LogP contribution in [0.15, 0.2) is 24.3 Å². The van der Waals surface area contributed by atoms with Gasteiger partial charge in [0.25, 0.3) is 0 Å². The van der Waals surface area contributed by atoms with Crippen LogP contribution in [0.5, 0.6) is 0 Å². The number of carbonyl (C=O) groups is 1. The summed E-state index contributed by atoms with van der Waals surface area (Å²) in [5.74, 6) is 0.452. The smallest absolute Gasteiger partial charge is 0.226 e. The first kappa shape index (κ1) is 12.3. The lowest BCUT2D eigenvalue weighted by atomic mass is 10.1. The molecule has 0 aliphatic heterocycles. The number of carbonyl (C=O) groups excluding carboxylic acids is 1. The van der Waals surface area contributed by atoms with E-state index in [9.17, 15) is 4.79 Å². The predicted molar refractivity (Wildman–Crippen MR) is 64.0 cm³/mol. The third kappa shape index (κ3) is 3.09. The number of hydrogen-bond acceptors (Lipinski definition) is 2. The first-order valence-electron chi connectivity index (χ1n) is 5.31. The molecule has 0 saturated carbocycles. The summed E-state index contributed by atoms with van der Waals surface area (Å²) in [7, 11) is 1.76. The molecule has 0 N–H and O–H groups in total. The number of amides is 1. The molecule has 1 aromatic rings. The van der Waals surface area contributed by atoms with Crippen LogP contribution in [0.25, 0.3) is 0 Å². The fraction of sp³-hybridized carbons (Fsp3) is 0.385. The highest BCUT2D eigenvalue weighted by Gasteiger charge is 2.12. The van der Waals surface area contributed by atoms with E-state index in [4.69, 9.17) is 5.26 Å². The molecule has 0 bridgehead atoms. The van der Waals surface area contributed by atoms with E-state index in [0.717, 1.165) is 5.69 Å². The van der Waals surface area contributed by atoms with Crippen LogP contribution >= 0.6 is 0 Å². The van der Waals surface area contributed by atoms with Crippen molar-refractivity contribution >= 4 is 11.6 Å². The van der Waals surface area contributed by atoms with E-state index in [1.165, 1.54) is 0 Å². The van der Waals surface area contributed by atoms with Crippen molar-refractivity contribution in [3.05, 3.63) is 29.8 Å². The molecule has 0 radical (unpaired) electrons. The third-order valence-corrected chi connectivity index (χ3v) is 2.34. The summed E-state index contributed by atoms with van der Waals surface area (Å²) < 4.78 is 0. The maximum absolute atomic E-state index is 11.8. The van der Waals surface area contributed by atoms with Crippen molar-refractivity contribution in [3.8, 4) is 6.07 Å². The molecule has 16 heavy (non-hydrogen) atoms. The van der Waals surface area contributed by atoms with Crippen LogP contribution in [0.1, 0.15) is 25.8 Å². The van der Waals surface area contributed by atoms with Gasteiger partial charge in [0.15, 0.2) is 0 Å². The van der Waals surface area contributed by atoms with E-state index in [-0.39, 0.29) is 5.91 Å². The molecule has 0 heterocycles. The first-order chi connectivity index (χ1) is 7.54. The van der Waals surface area contributed by atoms with Crippen molar-refractivity contribution < 1.29 is 4.79 Å². The van der Waals surface area contributed by atoms with Crippen LogP contribution in [0.3, 0.4) is 0 Å². The summed E-state index contributed by atoms with van der Waals surface area (Å²) in [5, 5.41) is 8.66. The predicted octanol–water partition coefficient (Wildman–Crippen LogP) is 2.57. The summed E-state index contributed by atoms with van der Waals surface area (Å²) in [5.41, 5.74) is 1.43. The molecule has 0 aromatic heterocycles. The Morgan fingerprint density at radius 3 is 2.38 bits per heavy atom. The minimum atomic E-state index is 0.0970. The summed E-state index contributed by atoms with van der Waals surface area (Å²) in [6.07, 6.45) is 0.538. The largest absolute Gasteiger partial charge is 0.315 e. The Morgan fingerprint density at radius 1 is 1.38 bits per heavy atom. The van der Waals surface area contributed by atoms with Crippen LogP contribution in [0.2, 0.25) is 0 Å². The third-order valence-electron chi connectivity index (χ3n) is 2.34. The second kappa shape index (κ2) is 5.32. The molecule has 1 amide bonds. The van der Waals surface area contributed by atoms with Gasteiger partial charge < -0.3 is 4.90 Å². The lowest BCUT2D eigenvalue weighted by Gasteiger charge is -2.18. The van der Waals surface area contributed by atoms with Gasteiger partial charge in [0.05, 0.1) is 11.6 Å². The molecule has 3 heteroatoms. The molecule has 0 aliphatic carbocycles. The van der Waals surface area contributed by atoms with Crippen molar-refractivity contribution in [1.29, 1.82) is 5.26 Å². The summed E-state index contributed by atoms with van der Waals surface area (Å²) in [6, 6.07) is 9.06. The van der Waals surface area contributed by atoms with E-state index in [1.807, 2.05) is 13.8 Å². The Balaban J connectivity index is 2.76. The van der Waals surface area contributed by atoms with E-state index >= 15 is 0 Å². The molecule has 1 aromatic carbocycles. The standard InChI is InChI=1S/C13H16N2O/c1-10(2)8-13(16)15(3)12-6-4-11(9-14)5-7-12/h4-7,10H,8H2,1-3H3. The molecular formula is C13H16N2O. The zero-order valence-electron chi connectivity index (χ0n) is 9.90. The zero-order chi connectivity index (χ0) is 12.1. The second-order valence-corrected chi connectivity index (χ2v) is 4.21. The SMILES string of the molecule is CC(C)CC(=O)N(C)c1ccc(C#N)cc1. The van der Waals surface area contributed by atoms with Crippen molar-refractivity contribution in [2.45, 2.75) is 20.3 Å². The van der Waals surface area contributed by atoms with E-state index in [1.54, 1.807) is 36.2 Å². The number of anilines is 1. The number of nitrogens with zero attached hydrogens (tertiary/aromatic N) is 2. The quantitative estimate of drug-likeness (QED) is 0.779. The molecule has 0 atom stereocenters. The van der Waals surface area contributed by atoms with Gasteiger partial charge in [-0.2, -0.15) is 5.26 Å². The van der Waals surface area contributed by atoms with E-state index in [0.29, 0.717) is 17.9 Å². The van der Waals surface area contributed by atoms with Crippen LogP contribution in [0.4, 0.5) is 5.69 Å². The monoisotopic (exact) mass is 216 g/mol. The Labute approximate surface area is 96.3 Å². The van der Waals surface area contributed by atoms with Gasteiger partial charge in [-0.05, 0) is 30.2 Å². The highest BCUT2D eigenvalue weighted by atomic mass is 16.2. The highest BCUT2D eigenvalue weighted by Crippen LogP contribution is 2.15. The van der Waals surface area contributed by atoms with Crippen LogP contribution in [0, 0.1) is 17.2 Å². The molecule has 0 spiro atoms. The zero-order valence-corrected chi connectivity index (χ0v) is 9.90. The maximum atomic E-state index is 11.8. The van der Waals surface area contributed by atoms with Crippen LogP contribution < -0.4 is 4.90 Å². The Kier molecular flexibility index (Phi) is 4.07. The minimum Gasteiger partial charge on any atom is -0.315 e. The van der Waals surface area contributed by atoms with E-state index < -0.39 is 0 Å². The Bertz CT molecular complexity index is 401. The lowest BCUT2D eigenvalue weighted by molar-refractivity contribution is -0.119. The van der Waals surface area contributed by atoms with Gasteiger partial charge in [-0.3, -0.25) is 4.79 Å². The average molecular weight is 216 g/mol. The van der Waals surface area contributed by atoms with Gasteiger partial charge in [-0.15, -0.1) is 0 Å². The highest BCUT2D eigenvalue weighted by molar-refractivity contribution is 5.92. The fourth-order valence-corrected chi connectivity index (χ4v) is 1.39. The van der Waals surface area contributed by atoms with Gasteiger partial charge in [0.2, 0.25) is 5.91 Å². The van der Waals surface area contributed by atoms with Crippen LogP contribution in [-0.2, 0) is 4.79 Å². The maximum Gasteiger partial charge on any atom is 0.226 e. The molecule has 0 unspecified atom stereocenters. The second-order valence-electron chi connectivity index (χ2n) is 4.21. The minimum absolute atomic E-state index is 0.0970. The van der Waals surface area contributed by atoms with E-state index in [2.05, 4.69) is 6.07 Å². The van der Waals surface area contributed by atoms with Gasteiger partial charge in [-0.1, -0.05) is 13.8 Å². The fourth-order valence-electron chi connectivity index (χ4n) is 1.39. The van der Waals surface area contributed by atoms with Gasteiger partial charge in [-0.25, -0.2) is 0 Å². The first-order valence-corrected chi connectivity index (χ1v) is 5.31.